The van der Waals surface area contributed by atoms with Crippen LogP contribution in [0.1, 0.15) is 37.0 Å². The number of nitrogens with zero attached hydrogens (tertiary/aromatic N) is 1. The molecule has 0 aliphatic carbocycles. The van der Waals surface area contributed by atoms with Crippen molar-refractivity contribution >= 4 is 5.91 Å². The molecule has 1 aliphatic rings. The zero-order chi connectivity index (χ0) is 15.2. The molecule has 4 nitrogen and oxygen atoms in total. The number of ether oxygens (including phenoxy) is 1. The summed E-state index contributed by atoms with van der Waals surface area (Å²) in [6, 6.07) is 7.46. The Morgan fingerprint density at radius 1 is 1.38 bits per heavy atom. The third-order valence-electron chi connectivity index (χ3n) is 3.97. The van der Waals surface area contributed by atoms with Crippen LogP contribution in [-0.4, -0.2) is 37.0 Å². The van der Waals surface area contributed by atoms with Crippen LogP contribution < -0.4 is 10.5 Å². The number of amides is 1. The van der Waals surface area contributed by atoms with Gasteiger partial charge in [0, 0.05) is 18.7 Å². The van der Waals surface area contributed by atoms with E-state index in [-0.39, 0.29) is 5.91 Å². The van der Waals surface area contributed by atoms with Gasteiger partial charge in [-0.05, 0) is 55.5 Å². The number of carbonyl (C=O) groups excluding carboxylic acids is 1. The van der Waals surface area contributed by atoms with Crippen molar-refractivity contribution in [3.8, 4) is 5.75 Å². The Kier molecular flexibility index (Phi) is 5.62. The van der Waals surface area contributed by atoms with Gasteiger partial charge in [-0.1, -0.05) is 13.8 Å². The predicted molar refractivity (Wildman–Crippen MR) is 84.5 cm³/mol. The number of carbonyl (C=O) groups is 1. The van der Waals surface area contributed by atoms with Gasteiger partial charge in [0.2, 0.25) is 0 Å². The maximum absolute atomic E-state index is 12.4. The summed E-state index contributed by atoms with van der Waals surface area (Å²) < 4.78 is 5.67. The third kappa shape index (κ3) is 4.46. The zero-order valence-electron chi connectivity index (χ0n) is 13.0. The topological polar surface area (TPSA) is 55.6 Å². The van der Waals surface area contributed by atoms with Crippen molar-refractivity contribution in [1.29, 1.82) is 0 Å². The van der Waals surface area contributed by atoms with Gasteiger partial charge in [0.15, 0.2) is 0 Å². The molecule has 21 heavy (non-hydrogen) atoms. The Labute approximate surface area is 127 Å². The largest absolute Gasteiger partial charge is 0.494 e. The van der Waals surface area contributed by atoms with E-state index in [1.165, 1.54) is 0 Å². The second kappa shape index (κ2) is 7.46. The van der Waals surface area contributed by atoms with Gasteiger partial charge in [-0.25, -0.2) is 0 Å². The van der Waals surface area contributed by atoms with Crippen LogP contribution in [0.15, 0.2) is 24.3 Å². The average Bonchev–Trinajstić information content (AvgIpc) is 2.96. The van der Waals surface area contributed by atoms with E-state index in [0.717, 1.165) is 43.9 Å². The molecule has 1 unspecified atom stereocenters. The fourth-order valence-corrected chi connectivity index (χ4v) is 2.50. The van der Waals surface area contributed by atoms with Gasteiger partial charge >= 0.3 is 0 Å². The van der Waals surface area contributed by atoms with Gasteiger partial charge in [-0.15, -0.1) is 0 Å². The van der Waals surface area contributed by atoms with Crippen LogP contribution in [-0.2, 0) is 0 Å². The molecule has 1 aromatic rings. The van der Waals surface area contributed by atoms with E-state index >= 15 is 0 Å². The molecule has 0 spiro atoms. The highest BCUT2D eigenvalue weighted by Gasteiger charge is 2.25. The molecule has 1 saturated heterocycles. The molecule has 0 aromatic heterocycles. The predicted octanol–water partition coefficient (Wildman–Crippen LogP) is 2.53. The normalized spacial score (nSPS) is 18.3. The van der Waals surface area contributed by atoms with Crippen LogP contribution in [0.2, 0.25) is 0 Å². The summed E-state index contributed by atoms with van der Waals surface area (Å²) in [7, 11) is 0. The Balaban J connectivity index is 1.88. The van der Waals surface area contributed by atoms with Crippen LogP contribution >= 0.6 is 0 Å². The first-order valence-corrected chi connectivity index (χ1v) is 7.82. The lowest BCUT2D eigenvalue weighted by atomic mass is 10.1. The van der Waals surface area contributed by atoms with Crippen LogP contribution in [0.25, 0.3) is 0 Å². The van der Waals surface area contributed by atoms with E-state index in [0.29, 0.717) is 18.4 Å². The summed E-state index contributed by atoms with van der Waals surface area (Å²) in [5, 5.41) is 0. The van der Waals surface area contributed by atoms with Gasteiger partial charge in [0.25, 0.3) is 5.91 Å². The first-order valence-electron chi connectivity index (χ1n) is 7.82. The van der Waals surface area contributed by atoms with E-state index < -0.39 is 0 Å². The van der Waals surface area contributed by atoms with Crippen LogP contribution in [0.5, 0.6) is 5.75 Å². The van der Waals surface area contributed by atoms with Crippen molar-refractivity contribution < 1.29 is 9.53 Å². The van der Waals surface area contributed by atoms with Crippen molar-refractivity contribution in [2.45, 2.75) is 26.7 Å². The molecule has 1 fully saturated rings. The first kappa shape index (κ1) is 15.8. The molecule has 1 atom stereocenters. The van der Waals surface area contributed by atoms with E-state index in [9.17, 15) is 4.79 Å². The molecule has 1 aromatic carbocycles. The highest BCUT2D eigenvalue weighted by atomic mass is 16.5. The van der Waals surface area contributed by atoms with Gasteiger partial charge in [-0.2, -0.15) is 0 Å². The summed E-state index contributed by atoms with van der Waals surface area (Å²) in [6.45, 7) is 7.32. The summed E-state index contributed by atoms with van der Waals surface area (Å²) >= 11 is 0. The van der Waals surface area contributed by atoms with Crippen LogP contribution in [0, 0.1) is 11.8 Å². The molecule has 0 bridgehead atoms. The van der Waals surface area contributed by atoms with Crippen molar-refractivity contribution in [3.05, 3.63) is 29.8 Å². The quantitative estimate of drug-likeness (QED) is 0.876. The maximum atomic E-state index is 12.4. The van der Waals surface area contributed by atoms with E-state index in [4.69, 9.17) is 10.5 Å². The van der Waals surface area contributed by atoms with Gasteiger partial charge in [0.1, 0.15) is 5.75 Å². The minimum atomic E-state index is 0.0969. The number of hydrogen-bond donors (Lipinski definition) is 1. The Morgan fingerprint density at radius 3 is 2.67 bits per heavy atom. The molecule has 1 amide bonds. The summed E-state index contributed by atoms with van der Waals surface area (Å²) in [4.78, 5) is 14.3. The molecule has 0 saturated carbocycles. The number of hydrogen-bond acceptors (Lipinski definition) is 3. The van der Waals surface area contributed by atoms with Gasteiger partial charge in [0.05, 0.1) is 6.61 Å². The van der Waals surface area contributed by atoms with Crippen molar-refractivity contribution in [2.24, 2.45) is 17.6 Å². The monoisotopic (exact) mass is 290 g/mol. The number of rotatable bonds is 6. The summed E-state index contributed by atoms with van der Waals surface area (Å²) in [5.41, 5.74) is 6.39. The molecule has 0 radical (unpaired) electrons. The minimum Gasteiger partial charge on any atom is -0.494 e. The molecule has 2 rings (SSSR count). The van der Waals surface area contributed by atoms with Crippen molar-refractivity contribution in [1.82, 2.24) is 4.90 Å². The fourth-order valence-electron chi connectivity index (χ4n) is 2.50. The van der Waals surface area contributed by atoms with Crippen molar-refractivity contribution in [2.75, 3.05) is 26.2 Å². The lowest BCUT2D eigenvalue weighted by molar-refractivity contribution is 0.0787. The molecule has 2 N–H and O–H groups in total. The standard InChI is InChI=1S/C17H26N2O2/c1-13(2)8-10-21-16-5-3-15(4-6-16)17(20)19-9-7-14(11-18)12-19/h3-6,13-14H,7-12,18H2,1-2H3. The second-order valence-electron chi connectivity index (χ2n) is 6.20. The molecule has 1 aliphatic heterocycles. The molecular formula is C17H26N2O2. The van der Waals surface area contributed by atoms with Gasteiger partial charge in [-0.3, -0.25) is 4.79 Å². The average molecular weight is 290 g/mol. The van der Waals surface area contributed by atoms with Crippen molar-refractivity contribution in [3.63, 3.8) is 0 Å². The Bertz CT molecular complexity index is 456. The van der Waals surface area contributed by atoms with E-state index in [1.807, 2.05) is 29.2 Å². The van der Waals surface area contributed by atoms with E-state index in [2.05, 4.69) is 13.8 Å². The third-order valence-corrected chi connectivity index (χ3v) is 3.97. The lowest BCUT2D eigenvalue weighted by Gasteiger charge is -2.16. The molecule has 116 valence electrons. The number of likely N-dealkylation sites (tertiary alicyclic amines) is 1. The maximum Gasteiger partial charge on any atom is 0.253 e. The second-order valence-corrected chi connectivity index (χ2v) is 6.20. The zero-order valence-corrected chi connectivity index (χ0v) is 13.0. The first-order chi connectivity index (χ1) is 10.1. The minimum absolute atomic E-state index is 0.0969. The Morgan fingerprint density at radius 2 is 2.10 bits per heavy atom. The summed E-state index contributed by atoms with van der Waals surface area (Å²) in [5.74, 6) is 2.01. The number of benzene rings is 1. The Hall–Kier alpha value is -1.55. The molecule has 1 heterocycles. The molecular weight excluding hydrogens is 264 g/mol. The highest BCUT2D eigenvalue weighted by Crippen LogP contribution is 2.19. The number of nitrogens with two attached hydrogens (primary N) is 1. The summed E-state index contributed by atoms with van der Waals surface area (Å²) in [6.07, 6.45) is 2.05. The van der Waals surface area contributed by atoms with Gasteiger partial charge < -0.3 is 15.4 Å². The van der Waals surface area contributed by atoms with Crippen LogP contribution in [0.4, 0.5) is 0 Å². The SMILES string of the molecule is CC(C)CCOc1ccc(C(=O)N2CCC(CN)C2)cc1. The van der Waals surface area contributed by atoms with E-state index in [1.54, 1.807) is 0 Å². The fraction of sp³-hybridized carbons (Fsp3) is 0.588. The smallest absolute Gasteiger partial charge is 0.253 e. The van der Waals surface area contributed by atoms with Crippen LogP contribution in [0.3, 0.4) is 0 Å². The molecule has 4 heteroatoms. The lowest BCUT2D eigenvalue weighted by Crippen LogP contribution is -2.29. The highest BCUT2D eigenvalue weighted by molar-refractivity contribution is 5.94.